The van der Waals surface area contributed by atoms with Crippen LogP contribution in [-0.2, 0) is 13.1 Å². The van der Waals surface area contributed by atoms with Crippen LogP contribution in [-0.4, -0.2) is 27.6 Å². The monoisotopic (exact) mass is 257 g/mol. The summed E-state index contributed by atoms with van der Waals surface area (Å²) in [4.78, 5) is 14.0. The summed E-state index contributed by atoms with van der Waals surface area (Å²) in [6.07, 6.45) is 1.93. The molecule has 1 aromatic heterocycles. The summed E-state index contributed by atoms with van der Waals surface area (Å²) in [6.45, 7) is 5.40. The van der Waals surface area contributed by atoms with E-state index in [1.807, 2.05) is 55.1 Å². The fourth-order valence-corrected chi connectivity index (χ4v) is 1.98. The number of carbonyl (C=O) groups excluding carboxylic acids is 1. The Labute approximate surface area is 113 Å². The average Bonchev–Trinajstić information content (AvgIpc) is 2.85. The topological polar surface area (TPSA) is 38.1 Å². The third-order valence-electron chi connectivity index (χ3n) is 3.03. The van der Waals surface area contributed by atoms with Crippen LogP contribution in [0.5, 0.6) is 0 Å². The van der Waals surface area contributed by atoms with Gasteiger partial charge in [0.25, 0.3) is 5.91 Å². The zero-order valence-electron chi connectivity index (χ0n) is 11.6. The Bertz CT molecular complexity index is 574. The van der Waals surface area contributed by atoms with E-state index in [0.29, 0.717) is 6.54 Å². The van der Waals surface area contributed by atoms with E-state index < -0.39 is 0 Å². The van der Waals surface area contributed by atoms with Crippen LogP contribution < -0.4 is 0 Å². The van der Waals surface area contributed by atoms with Crippen molar-refractivity contribution in [1.29, 1.82) is 0 Å². The number of nitrogens with zero attached hydrogens (tertiary/aromatic N) is 3. The minimum atomic E-state index is 0.0229. The van der Waals surface area contributed by atoms with Gasteiger partial charge in [-0.2, -0.15) is 5.10 Å². The number of benzene rings is 1. The van der Waals surface area contributed by atoms with Crippen LogP contribution in [0.3, 0.4) is 0 Å². The predicted octanol–water partition coefficient (Wildman–Crippen LogP) is 2.48. The van der Waals surface area contributed by atoms with Gasteiger partial charge >= 0.3 is 0 Å². The van der Waals surface area contributed by atoms with Gasteiger partial charge in [-0.25, -0.2) is 0 Å². The number of aromatic nitrogens is 2. The van der Waals surface area contributed by atoms with Crippen molar-refractivity contribution in [1.82, 2.24) is 14.7 Å². The molecule has 1 aromatic carbocycles. The molecule has 0 saturated heterocycles. The molecule has 2 aromatic rings. The largest absolute Gasteiger partial charge is 0.336 e. The molecule has 0 atom stereocenters. The summed E-state index contributed by atoms with van der Waals surface area (Å²) >= 11 is 0. The Morgan fingerprint density at radius 1 is 1.37 bits per heavy atom. The maximum absolute atomic E-state index is 12.3. The first-order valence-electron chi connectivity index (χ1n) is 6.44. The van der Waals surface area contributed by atoms with Gasteiger partial charge in [0.05, 0.1) is 12.2 Å². The van der Waals surface area contributed by atoms with Crippen molar-refractivity contribution < 1.29 is 4.79 Å². The molecule has 0 radical (unpaired) electrons. The zero-order chi connectivity index (χ0) is 13.8. The lowest BCUT2D eigenvalue weighted by atomic mass is 10.1. The van der Waals surface area contributed by atoms with Gasteiger partial charge in [-0.05, 0) is 32.0 Å². The van der Waals surface area contributed by atoms with E-state index in [-0.39, 0.29) is 5.91 Å². The van der Waals surface area contributed by atoms with E-state index in [0.717, 1.165) is 23.4 Å². The van der Waals surface area contributed by atoms with Crippen molar-refractivity contribution in [3.8, 4) is 0 Å². The van der Waals surface area contributed by atoms with Gasteiger partial charge in [0.15, 0.2) is 0 Å². The highest BCUT2D eigenvalue weighted by atomic mass is 16.2. The van der Waals surface area contributed by atoms with Crippen molar-refractivity contribution in [2.24, 2.45) is 0 Å². The number of carbonyl (C=O) groups is 1. The lowest BCUT2D eigenvalue weighted by Gasteiger charge is -2.16. The van der Waals surface area contributed by atoms with Gasteiger partial charge < -0.3 is 4.90 Å². The molecule has 100 valence electrons. The van der Waals surface area contributed by atoms with Gasteiger partial charge in [-0.3, -0.25) is 9.48 Å². The lowest BCUT2D eigenvalue weighted by Crippen LogP contribution is -2.26. The van der Waals surface area contributed by atoms with Crippen LogP contribution in [0.1, 0.15) is 28.5 Å². The van der Waals surface area contributed by atoms with Crippen LogP contribution in [0.25, 0.3) is 0 Å². The molecule has 4 heteroatoms. The molecule has 0 aliphatic rings. The second-order valence-electron chi connectivity index (χ2n) is 4.69. The molecule has 0 unspecified atom stereocenters. The molecule has 2 rings (SSSR count). The summed E-state index contributed by atoms with van der Waals surface area (Å²) in [5.41, 5.74) is 2.72. The second kappa shape index (κ2) is 5.69. The number of aryl methyl sites for hydroxylation is 2. The molecule has 0 fully saturated rings. The van der Waals surface area contributed by atoms with Gasteiger partial charge in [-0.1, -0.05) is 17.7 Å². The fourth-order valence-electron chi connectivity index (χ4n) is 1.98. The van der Waals surface area contributed by atoms with Crippen molar-refractivity contribution in [2.45, 2.75) is 26.9 Å². The van der Waals surface area contributed by atoms with Crippen LogP contribution in [0.2, 0.25) is 0 Å². The van der Waals surface area contributed by atoms with E-state index in [9.17, 15) is 4.79 Å². The number of hydrogen-bond donors (Lipinski definition) is 0. The van der Waals surface area contributed by atoms with Gasteiger partial charge in [0.1, 0.15) is 0 Å². The lowest BCUT2D eigenvalue weighted by molar-refractivity contribution is 0.0783. The summed E-state index contributed by atoms with van der Waals surface area (Å²) in [7, 11) is 1.80. The first kappa shape index (κ1) is 13.3. The van der Waals surface area contributed by atoms with Gasteiger partial charge in [-0.15, -0.1) is 0 Å². The third-order valence-corrected chi connectivity index (χ3v) is 3.03. The minimum Gasteiger partial charge on any atom is -0.336 e. The van der Waals surface area contributed by atoms with Crippen LogP contribution in [0, 0.1) is 6.92 Å². The van der Waals surface area contributed by atoms with Crippen molar-refractivity contribution in [3.05, 3.63) is 53.3 Å². The van der Waals surface area contributed by atoms with Crippen LogP contribution in [0.15, 0.2) is 36.5 Å². The van der Waals surface area contributed by atoms with Crippen LogP contribution in [0.4, 0.5) is 0 Å². The summed E-state index contributed by atoms with van der Waals surface area (Å²) in [5.74, 6) is 0.0229. The van der Waals surface area contributed by atoms with Crippen molar-refractivity contribution in [2.75, 3.05) is 7.05 Å². The summed E-state index contributed by atoms with van der Waals surface area (Å²) in [6, 6.07) is 9.59. The Kier molecular flexibility index (Phi) is 4.00. The van der Waals surface area contributed by atoms with Crippen LogP contribution >= 0.6 is 0 Å². The Hall–Kier alpha value is -2.10. The molecular weight excluding hydrogens is 238 g/mol. The molecule has 0 aliphatic carbocycles. The van der Waals surface area contributed by atoms with Gasteiger partial charge in [0.2, 0.25) is 0 Å². The fraction of sp³-hybridized carbons (Fsp3) is 0.333. The van der Waals surface area contributed by atoms with E-state index in [1.54, 1.807) is 11.9 Å². The third kappa shape index (κ3) is 3.22. The number of rotatable bonds is 4. The zero-order valence-corrected chi connectivity index (χ0v) is 11.6. The minimum absolute atomic E-state index is 0.0229. The van der Waals surface area contributed by atoms with E-state index in [2.05, 4.69) is 5.10 Å². The highest BCUT2D eigenvalue weighted by molar-refractivity contribution is 5.94. The summed E-state index contributed by atoms with van der Waals surface area (Å²) in [5, 5.41) is 4.39. The number of amides is 1. The molecule has 1 heterocycles. The highest BCUT2D eigenvalue weighted by Gasteiger charge is 2.13. The highest BCUT2D eigenvalue weighted by Crippen LogP contribution is 2.09. The summed E-state index contributed by atoms with van der Waals surface area (Å²) < 4.78 is 1.86. The van der Waals surface area contributed by atoms with Crippen molar-refractivity contribution >= 4 is 5.91 Å². The molecule has 0 bridgehead atoms. The Balaban J connectivity index is 2.07. The molecule has 0 spiro atoms. The van der Waals surface area contributed by atoms with E-state index in [1.165, 1.54) is 0 Å². The first-order chi connectivity index (χ1) is 9.10. The Morgan fingerprint density at radius 3 is 2.79 bits per heavy atom. The molecule has 0 N–H and O–H groups in total. The molecule has 1 amide bonds. The molecule has 0 saturated carbocycles. The molecule has 4 nitrogen and oxygen atoms in total. The van der Waals surface area contributed by atoms with E-state index >= 15 is 0 Å². The average molecular weight is 257 g/mol. The maximum atomic E-state index is 12.3. The van der Waals surface area contributed by atoms with E-state index in [4.69, 9.17) is 0 Å². The normalized spacial score (nSPS) is 10.5. The molecular formula is C15H19N3O. The molecule has 0 aliphatic heterocycles. The smallest absolute Gasteiger partial charge is 0.253 e. The first-order valence-corrected chi connectivity index (χ1v) is 6.44. The molecule has 19 heavy (non-hydrogen) atoms. The number of hydrogen-bond acceptors (Lipinski definition) is 2. The second-order valence-corrected chi connectivity index (χ2v) is 4.69. The van der Waals surface area contributed by atoms with Gasteiger partial charge in [0, 0.05) is 25.4 Å². The maximum Gasteiger partial charge on any atom is 0.253 e. The quantitative estimate of drug-likeness (QED) is 0.844. The standard InChI is InChI=1S/C15H19N3O/c1-4-18-9-8-14(16-18)11-17(3)15(19)13-7-5-6-12(2)10-13/h5-10H,4,11H2,1-3H3. The Morgan fingerprint density at radius 2 is 2.16 bits per heavy atom. The predicted molar refractivity (Wildman–Crippen MR) is 74.9 cm³/mol. The SMILES string of the molecule is CCn1ccc(CN(C)C(=O)c2cccc(C)c2)n1. The van der Waals surface area contributed by atoms with Crippen molar-refractivity contribution in [3.63, 3.8) is 0 Å².